The Hall–Kier alpha value is -1.64. The molecule has 122 valence electrons. The summed E-state index contributed by atoms with van der Waals surface area (Å²) in [5, 5.41) is 2.82. The number of allylic oxidation sites excluding steroid dienone is 3. The molecule has 0 aromatic rings. The minimum atomic E-state index is -0.131. The van der Waals surface area contributed by atoms with Crippen LogP contribution in [0.25, 0.3) is 0 Å². The van der Waals surface area contributed by atoms with Gasteiger partial charge in [0.1, 0.15) is 0 Å². The third kappa shape index (κ3) is 4.97. The molecule has 0 radical (unpaired) electrons. The van der Waals surface area contributed by atoms with E-state index in [1.807, 2.05) is 0 Å². The average molecular weight is 303 g/mol. The zero-order valence-corrected chi connectivity index (χ0v) is 14.1. The molecule has 0 spiro atoms. The molecule has 1 rings (SSSR count). The molecular formula is C19H29NO2. The van der Waals surface area contributed by atoms with Crippen LogP contribution in [-0.2, 0) is 9.59 Å². The summed E-state index contributed by atoms with van der Waals surface area (Å²) in [5.41, 5.74) is 0.479. The first-order valence-corrected chi connectivity index (χ1v) is 8.16. The lowest BCUT2D eigenvalue weighted by Crippen LogP contribution is -2.42. The quantitative estimate of drug-likeness (QED) is 0.576. The van der Waals surface area contributed by atoms with Gasteiger partial charge >= 0.3 is 0 Å². The van der Waals surface area contributed by atoms with Crippen molar-refractivity contribution in [1.29, 1.82) is 0 Å². The minimum absolute atomic E-state index is 0.0145. The fourth-order valence-electron chi connectivity index (χ4n) is 3.31. The van der Waals surface area contributed by atoms with Gasteiger partial charge in [-0.15, -0.1) is 0 Å². The second-order valence-electron chi connectivity index (χ2n) is 6.64. The Morgan fingerprint density at radius 3 is 2.50 bits per heavy atom. The lowest BCUT2D eigenvalue weighted by molar-refractivity contribution is -0.130. The van der Waals surface area contributed by atoms with Crippen LogP contribution in [-0.4, -0.2) is 18.2 Å². The monoisotopic (exact) mass is 303 g/mol. The van der Waals surface area contributed by atoms with Crippen molar-refractivity contribution in [2.45, 2.75) is 40.0 Å². The lowest BCUT2D eigenvalue weighted by atomic mass is 9.70. The van der Waals surface area contributed by atoms with Gasteiger partial charge in [0, 0.05) is 11.5 Å². The number of rotatable bonds is 7. The van der Waals surface area contributed by atoms with E-state index in [-0.39, 0.29) is 24.2 Å². The van der Waals surface area contributed by atoms with Crippen LogP contribution in [0.3, 0.4) is 0 Å². The lowest BCUT2D eigenvalue weighted by Gasteiger charge is -2.36. The molecule has 1 amide bonds. The maximum Gasteiger partial charge on any atom is 0.223 e. The van der Waals surface area contributed by atoms with Gasteiger partial charge in [-0.1, -0.05) is 58.6 Å². The maximum absolute atomic E-state index is 12.5. The molecule has 0 aromatic carbocycles. The third-order valence-corrected chi connectivity index (χ3v) is 4.62. The van der Waals surface area contributed by atoms with Crippen LogP contribution in [0.15, 0.2) is 37.0 Å². The summed E-state index contributed by atoms with van der Waals surface area (Å²) in [6.07, 6.45) is 7.86. The highest BCUT2D eigenvalue weighted by Crippen LogP contribution is 2.38. The van der Waals surface area contributed by atoms with Crippen molar-refractivity contribution in [3.05, 3.63) is 37.0 Å². The molecule has 0 bridgehead atoms. The predicted octanol–water partition coefficient (Wildman–Crippen LogP) is 3.68. The highest BCUT2D eigenvalue weighted by Gasteiger charge is 2.35. The van der Waals surface area contributed by atoms with Crippen molar-refractivity contribution >= 4 is 11.7 Å². The van der Waals surface area contributed by atoms with Gasteiger partial charge in [0.2, 0.25) is 5.91 Å². The van der Waals surface area contributed by atoms with E-state index in [1.165, 1.54) is 12.5 Å². The molecule has 22 heavy (non-hydrogen) atoms. The van der Waals surface area contributed by atoms with Crippen molar-refractivity contribution in [3.8, 4) is 0 Å². The van der Waals surface area contributed by atoms with Gasteiger partial charge in [-0.2, -0.15) is 0 Å². The average Bonchev–Trinajstić information content (AvgIpc) is 2.49. The Balaban J connectivity index is 2.66. The molecule has 1 N–H and O–H groups in total. The standard InChI is InChI=1S/C19H29NO2/c1-6-8-15(7-2)18(21)12-20-19(22)17-11-14(5)9-10-16(17)13(3)4/h6-8,13-14,16-17H,1-2,9-12H2,3-5H3,(H,20,22)/b15-8+/t14-,16+,17-/m1/s1. The first kappa shape index (κ1) is 18.4. The molecule has 1 fully saturated rings. The fraction of sp³-hybridized carbons (Fsp3) is 0.579. The molecule has 3 atom stereocenters. The number of ketones is 1. The van der Waals surface area contributed by atoms with Gasteiger partial charge in [-0.05, 0) is 30.6 Å². The fourth-order valence-corrected chi connectivity index (χ4v) is 3.31. The van der Waals surface area contributed by atoms with Crippen LogP contribution >= 0.6 is 0 Å². The highest BCUT2D eigenvalue weighted by molar-refractivity contribution is 6.01. The van der Waals surface area contributed by atoms with E-state index in [9.17, 15) is 9.59 Å². The van der Waals surface area contributed by atoms with Crippen molar-refractivity contribution in [3.63, 3.8) is 0 Å². The Kier molecular flexibility index (Phi) is 7.30. The third-order valence-electron chi connectivity index (χ3n) is 4.62. The van der Waals surface area contributed by atoms with E-state index in [4.69, 9.17) is 0 Å². The number of Topliss-reactive ketones (excluding diaryl/α,β-unsaturated/α-hetero) is 1. The van der Waals surface area contributed by atoms with E-state index in [1.54, 1.807) is 12.2 Å². The number of hydrogen-bond donors (Lipinski definition) is 1. The number of amides is 1. The van der Waals surface area contributed by atoms with Crippen molar-refractivity contribution < 1.29 is 9.59 Å². The van der Waals surface area contributed by atoms with Crippen LogP contribution in [0.4, 0.5) is 0 Å². The summed E-state index contributed by atoms with van der Waals surface area (Å²) in [6, 6.07) is 0. The normalized spacial score (nSPS) is 25.6. The molecule has 0 aromatic heterocycles. The molecule has 0 heterocycles. The number of hydrogen-bond acceptors (Lipinski definition) is 2. The first-order valence-electron chi connectivity index (χ1n) is 8.16. The molecule has 1 aliphatic rings. The van der Waals surface area contributed by atoms with E-state index < -0.39 is 0 Å². The van der Waals surface area contributed by atoms with Gasteiger partial charge in [-0.25, -0.2) is 0 Å². The number of carbonyl (C=O) groups is 2. The summed E-state index contributed by atoms with van der Waals surface area (Å²) < 4.78 is 0. The Morgan fingerprint density at radius 1 is 1.27 bits per heavy atom. The summed E-state index contributed by atoms with van der Waals surface area (Å²) in [6.45, 7) is 13.8. The van der Waals surface area contributed by atoms with Crippen LogP contribution in [0.1, 0.15) is 40.0 Å². The zero-order valence-electron chi connectivity index (χ0n) is 14.1. The summed E-state index contributed by atoms with van der Waals surface area (Å²) in [5.74, 6) is 1.38. The molecule has 3 nitrogen and oxygen atoms in total. The van der Waals surface area contributed by atoms with E-state index in [0.29, 0.717) is 23.3 Å². The zero-order chi connectivity index (χ0) is 16.7. The molecule has 0 saturated heterocycles. The van der Waals surface area contributed by atoms with Gasteiger partial charge in [0.25, 0.3) is 0 Å². The smallest absolute Gasteiger partial charge is 0.223 e. The molecule has 0 aliphatic heterocycles. The number of nitrogens with one attached hydrogen (secondary N) is 1. The van der Waals surface area contributed by atoms with E-state index in [2.05, 4.69) is 39.2 Å². The summed E-state index contributed by atoms with van der Waals surface area (Å²) >= 11 is 0. The van der Waals surface area contributed by atoms with Crippen LogP contribution in [0.5, 0.6) is 0 Å². The first-order chi connectivity index (χ1) is 10.4. The van der Waals surface area contributed by atoms with Crippen LogP contribution < -0.4 is 5.32 Å². The summed E-state index contributed by atoms with van der Waals surface area (Å²) in [7, 11) is 0. The van der Waals surface area contributed by atoms with Crippen LogP contribution in [0.2, 0.25) is 0 Å². The van der Waals surface area contributed by atoms with Crippen molar-refractivity contribution in [1.82, 2.24) is 5.32 Å². The SMILES string of the molecule is C=C/C=C(\C=C)C(=O)CNC(=O)[C@@H]1C[C@H](C)CC[C@H]1C(C)C. The summed E-state index contributed by atoms with van der Waals surface area (Å²) in [4.78, 5) is 24.5. The minimum Gasteiger partial charge on any atom is -0.348 e. The molecule has 1 aliphatic carbocycles. The van der Waals surface area contributed by atoms with Crippen LogP contribution in [0, 0.1) is 23.7 Å². The maximum atomic E-state index is 12.5. The van der Waals surface area contributed by atoms with Gasteiger partial charge in [-0.3, -0.25) is 9.59 Å². The predicted molar refractivity (Wildman–Crippen MR) is 91.3 cm³/mol. The second-order valence-corrected chi connectivity index (χ2v) is 6.64. The van der Waals surface area contributed by atoms with E-state index >= 15 is 0 Å². The molecule has 0 unspecified atom stereocenters. The Bertz CT molecular complexity index is 462. The number of carbonyl (C=O) groups excluding carboxylic acids is 2. The Labute approximate surface area is 134 Å². The second kappa shape index (κ2) is 8.72. The molecular weight excluding hydrogens is 274 g/mol. The molecule has 1 saturated carbocycles. The van der Waals surface area contributed by atoms with Crippen molar-refractivity contribution in [2.24, 2.45) is 23.7 Å². The Morgan fingerprint density at radius 2 is 1.95 bits per heavy atom. The topological polar surface area (TPSA) is 46.2 Å². The van der Waals surface area contributed by atoms with Gasteiger partial charge in [0.05, 0.1) is 6.54 Å². The van der Waals surface area contributed by atoms with E-state index in [0.717, 1.165) is 12.8 Å². The largest absolute Gasteiger partial charge is 0.348 e. The van der Waals surface area contributed by atoms with Gasteiger partial charge in [0.15, 0.2) is 5.78 Å². The molecule has 3 heteroatoms. The van der Waals surface area contributed by atoms with Crippen molar-refractivity contribution in [2.75, 3.05) is 6.54 Å². The highest BCUT2D eigenvalue weighted by atomic mass is 16.2. The van der Waals surface area contributed by atoms with Gasteiger partial charge < -0.3 is 5.32 Å².